The van der Waals surface area contributed by atoms with Gasteiger partial charge in [0.25, 0.3) is 0 Å². The molecule has 2 aromatic rings. The van der Waals surface area contributed by atoms with E-state index in [-0.39, 0.29) is 19.3 Å². The van der Waals surface area contributed by atoms with Crippen molar-refractivity contribution >= 4 is 12.4 Å². The highest BCUT2D eigenvalue weighted by Crippen LogP contribution is 2.33. The Bertz CT molecular complexity index is 727. The van der Waals surface area contributed by atoms with Crippen LogP contribution in [0, 0.1) is 0 Å². The largest absolute Gasteiger partial charge is 0.445 e. The predicted molar refractivity (Wildman–Crippen MR) is 107 cm³/mol. The van der Waals surface area contributed by atoms with Crippen LogP contribution in [0.4, 0.5) is 4.79 Å². The number of nitrogens with one attached hydrogen (secondary N) is 1. The molecule has 1 unspecified atom stereocenters. The number of ether oxygens (including phenoxy) is 2. The Morgan fingerprint density at radius 1 is 1.00 bits per heavy atom. The van der Waals surface area contributed by atoms with Gasteiger partial charge < -0.3 is 19.6 Å². The smallest absolute Gasteiger partial charge is 0.408 e. The van der Waals surface area contributed by atoms with E-state index in [0.717, 1.165) is 31.2 Å². The second-order valence-electron chi connectivity index (χ2n) is 7.17. The van der Waals surface area contributed by atoms with Crippen LogP contribution in [0.3, 0.4) is 0 Å². The zero-order valence-corrected chi connectivity index (χ0v) is 16.0. The number of hydrogen-bond acceptors (Lipinski definition) is 4. The molecule has 1 amide bonds. The number of hydrogen-bond donors (Lipinski definition) is 1. The van der Waals surface area contributed by atoms with Crippen LogP contribution in [0.15, 0.2) is 60.7 Å². The lowest BCUT2D eigenvalue weighted by Crippen LogP contribution is -2.40. The fourth-order valence-corrected chi connectivity index (χ4v) is 3.56. The van der Waals surface area contributed by atoms with E-state index < -0.39 is 12.1 Å². The molecule has 3 rings (SSSR count). The van der Waals surface area contributed by atoms with Crippen molar-refractivity contribution in [3.63, 3.8) is 0 Å². The molecule has 1 atom stereocenters. The van der Waals surface area contributed by atoms with Crippen LogP contribution in [-0.2, 0) is 20.9 Å². The van der Waals surface area contributed by atoms with Crippen molar-refractivity contribution in [2.45, 2.75) is 50.4 Å². The molecule has 0 radical (unpaired) electrons. The van der Waals surface area contributed by atoms with Gasteiger partial charge in [-0.25, -0.2) is 4.79 Å². The third-order valence-corrected chi connectivity index (χ3v) is 5.14. The molecule has 0 spiro atoms. The Morgan fingerprint density at radius 2 is 1.64 bits per heavy atom. The molecule has 5 nitrogen and oxygen atoms in total. The summed E-state index contributed by atoms with van der Waals surface area (Å²) in [6.07, 6.45) is 4.29. The lowest BCUT2D eigenvalue weighted by molar-refractivity contribution is -0.111. The van der Waals surface area contributed by atoms with Crippen LogP contribution in [-0.4, -0.2) is 31.1 Å². The molecule has 0 heterocycles. The highest BCUT2D eigenvalue weighted by molar-refractivity contribution is 5.73. The van der Waals surface area contributed by atoms with Crippen molar-refractivity contribution in [2.75, 3.05) is 6.61 Å². The van der Waals surface area contributed by atoms with Gasteiger partial charge >= 0.3 is 6.09 Å². The highest BCUT2D eigenvalue weighted by Gasteiger charge is 2.24. The van der Waals surface area contributed by atoms with Crippen LogP contribution in [0.25, 0.3) is 0 Å². The first-order valence-corrected chi connectivity index (χ1v) is 9.83. The number of benzene rings is 2. The summed E-state index contributed by atoms with van der Waals surface area (Å²) in [5, 5.41) is 2.56. The summed E-state index contributed by atoms with van der Waals surface area (Å²) in [5.74, 6) is 0.578. The second-order valence-corrected chi connectivity index (χ2v) is 7.17. The number of aldehydes is 1. The molecule has 1 saturated carbocycles. The van der Waals surface area contributed by atoms with Crippen molar-refractivity contribution in [2.24, 2.45) is 0 Å². The fraction of sp³-hybridized carbons (Fsp3) is 0.391. The Balaban J connectivity index is 1.36. The quantitative estimate of drug-likeness (QED) is 0.695. The topological polar surface area (TPSA) is 64.6 Å². The minimum Gasteiger partial charge on any atom is -0.445 e. The van der Waals surface area contributed by atoms with Crippen LogP contribution < -0.4 is 5.32 Å². The van der Waals surface area contributed by atoms with E-state index in [9.17, 15) is 9.59 Å². The molecule has 1 aliphatic rings. The van der Waals surface area contributed by atoms with Gasteiger partial charge in [0.2, 0.25) is 0 Å². The van der Waals surface area contributed by atoms with Gasteiger partial charge in [0.1, 0.15) is 18.9 Å². The molecule has 1 fully saturated rings. The molecule has 0 aliphatic heterocycles. The molecule has 1 aliphatic carbocycles. The van der Waals surface area contributed by atoms with Gasteiger partial charge in [0, 0.05) is 0 Å². The molecule has 0 aromatic heterocycles. The predicted octanol–water partition coefficient (Wildman–Crippen LogP) is 4.22. The number of rotatable bonds is 8. The molecule has 0 saturated heterocycles. The summed E-state index contributed by atoms with van der Waals surface area (Å²) in [5.41, 5.74) is 2.28. The Kier molecular flexibility index (Phi) is 7.62. The van der Waals surface area contributed by atoms with E-state index in [0.29, 0.717) is 12.2 Å². The Hall–Kier alpha value is -2.66. The number of carbonyl (C=O) groups is 2. The fourth-order valence-electron chi connectivity index (χ4n) is 3.56. The standard InChI is InChI=1S/C23H27NO4/c25-15-21(24-23(26)28-16-18-7-3-1-4-8-18)17-27-22-13-11-20(12-14-22)19-9-5-2-6-10-19/h1-10,15,20-22H,11-14,16-17H2,(H,24,26). The van der Waals surface area contributed by atoms with E-state index >= 15 is 0 Å². The van der Waals surface area contributed by atoms with E-state index in [1.165, 1.54) is 5.56 Å². The van der Waals surface area contributed by atoms with Crippen molar-refractivity contribution in [3.05, 3.63) is 71.8 Å². The molecule has 0 bridgehead atoms. The van der Waals surface area contributed by atoms with Crippen molar-refractivity contribution < 1.29 is 19.1 Å². The van der Waals surface area contributed by atoms with E-state index in [1.54, 1.807) is 0 Å². The Morgan fingerprint density at radius 3 is 2.29 bits per heavy atom. The summed E-state index contributed by atoms with van der Waals surface area (Å²) in [4.78, 5) is 23.2. The minimum absolute atomic E-state index is 0.129. The zero-order chi connectivity index (χ0) is 19.6. The number of alkyl carbamates (subject to hydrolysis) is 1. The summed E-state index contributed by atoms with van der Waals surface area (Å²) in [6, 6.07) is 19.3. The van der Waals surface area contributed by atoms with Gasteiger partial charge in [-0.15, -0.1) is 0 Å². The first-order valence-electron chi connectivity index (χ1n) is 9.83. The summed E-state index contributed by atoms with van der Waals surface area (Å²) >= 11 is 0. The van der Waals surface area contributed by atoms with Gasteiger partial charge in [-0.2, -0.15) is 0 Å². The number of amides is 1. The molecular formula is C23H27NO4. The maximum Gasteiger partial charge on any atom is 0.408 e. The normalized spacial score (nSPS) is 20.1. The molecule has 1 N–H and O–H groups in total. The first-order chi connectivity index (χ1) is 13.7. The average Bonchev–Trinajstić information content (AvgIpc) is 2.77. The first kappa shape index (κ1) is 20.1. The van der Waals surface area contributed by atoms with Gasteiger partial charge in [0.15, 0.2) is 0 Å². The number of carbonyl (C=O) groups excluding carboxylic acids is 2. The molecule has 2 aromatic carbocycles. The van der Waals surface area contributed by atoms with Gasteiger partial charge in [-0.3, -0.25) is 0 Å². The maximum absolute atomic E-state index is 11.9. The zero-order valence-electron chi connectivity index (χ0n) is 16.0. The highest BCUT2D eigenvalue weighted by atomic mass is 16.5. The Labute approximate surface area is 166 Å². The SMILES string of the molecule is O=CC(COC1CCC(c2ccccc2)CC1)NC(=O)OCc1ccccc1. The van der Waals surface area contributed by atoms with E-state index in [1.807, 2.05) is 36.4 Å². The minimum atomic E-state index is -0.699. The monoisotopic (exact) mass is 381 g/mol. The van der Waals surface area contributed by atoms with Crippen LogP contribution in [0.5, 0.6) is 0 Å². The lowest BCUT2D eigenvalue weighted by atomic mass is 9.83. The van der Waals surface area contributed by atoms with E-state index in [2.05, 4.69) is 29.6 Å². The molecular weight excluding hydrogens is 354 g/mol. The van der Waals surface area contributed by atoms with E-state index in [4.69, 9.17) is 9.47 Å². The molecule has 28 heavy (non-hydrogen) atoms. The maximum atomic E-state index is 11.9. The second kappa shape index (κ2) is 10.6. The summed E-state index contributed by atoms with van der Waals surface area (Å²) in [6.45, 7) is 0.340. The van der Waals surface area contributed by atoms with Crippen molar-refractivity contribution in [1.82, 2.24) is 5.32 Å². The molecule has 5 heteroatoms. The van der Waals surface area contributed by atoms with Crippen LogP contribution in [0.2, 0.25) is 0 Å². The molecule has 148 valence electrons. The van der Waals surface area contributed by atoms with Gasteiger partial charge in [0.05, 0.1) is 12.7 Å². The summed E-state index contributed by atoms with van der Waals surface area (Å²) in [7, 11) is 0. The third kappa shape index (κ3) is 6.20. The van der Waals surface area contributed by atoms with Crippen molar-refractivity contribution in [3.8, 4) is 0 Å². The lowest BCUT2D eigenvalue weighted by Gasteiger charge is -2.29. The van der Waals surface area contributed by atoms with Crippen LogP contribution >= 0.6 is 0 Å². The van der Waals surface area contributed by atoms with Crippen molar-refractivity contribution in [1.29, 1.82) is 0 Å². The van der Waals surface area contributed by atoms with Crippen LogP contribution in [0.1, 0.15) is 42.7 Å². The summed E-state index contributed by atoms with van der Waals surface area (Å²) < 4.78 is 11.0. The average molecular weight is 381 g/mol. The third-order valence-electron chi connectivity index (χ3n) is 5.14. The van der Waals surface area contributed by atoms with Gasteiger partial charge in [-0.1, -0.05) is 60.7 Å². The van der Waals surface area contributed by atoms with Gasteiger partial charge in [-0.05, 0) is 42.7 Å².